The normalized spacial score (nSPS) is 21.0. The van der Waals surface area contributed by atoms with E-state index >= 15 is 0 Å². The predicted octanol–water partition coefficient (Wildman–Crippen LogP) is 3.71. The molecular formula is C16H18F3N3. The second-order valence-electron chi connectivity index (χ2n) is 5.92. The molecule has 1 aliphatic carbocycles. The first-order chi connectivity index (χ1) is 10.3. The van der Waals surface area contributed by atoms with E-state index in [0.29, 0.717) is 0 Å². The molecular weight excluding hydrogens is 291 g/mol. The van der Waals surface area contributed by atoms with Gasteiger partial charge in [-0.05, 0) is 30.4 Å². The van der Waals surface area contributed by atoms with Crippen molar-refractivity contribution in [3.05, 3.63) is 53.1 Å². The third kappa shape index (κ3) is 2.26. The van der Waals surface area contributed by atoms with Gasteiger partial charge in [0.1, 0.15) is 6.33 Å². The van der Waals surface area contributed by atoms with Crippen molar-refractivity contribution in [2.75, 3.05) is 12.1 Å². The van der Waals surface area contributed by atoms with Gasteiger partial charge in [-0.1, -0.05) is 31.2 Å². The van der Waals surface area contributed by atoms with Crippen LogP contribution in [0, 0.1) is 12.8 Å². The lowest BCUT2D eigenvalue weighted by Crippen LogP contribution is -2.38. The van der Waals surface area contributed by atoms with Gasteiger partial charge in [0, 0.05) is 7.05 Å². The summed E-state index contributed by atoms with van der Waals surface area (Å²) in [6, 6.07) is 7.85. The van der Waals surface area contributed by atoms with E-state index in [1.54, 1.807) is 12.1 Å². The molecule has 0 radical (unpaired) electrons. The van der Waals surface area contributed by atoms with Crippen molar-refractivity contribution < 1.29 is 13.2 Å². The molecule has 1 heterocycles. The number of rotatable bonds is 2. The Balaban J connectivity index is 2.04. The molecule has 1 aromatic carbocycles. The van der Waals surface area contributed by atoms with Gasteiger partial charge in [0.05, 0.1) is 11.7 Å². The van der Waals surface area contributed by atoms with E-state index in [1.165, 1.54) is 18.8 Å². The summed E-state index contributed by atoms with van der Waals surface area (Å²) in [5.41, 5.74) is 1.60. The summed E-state index contributed by atoms with van der Waals surface area (Å²) in [6.45, 7) is 3.46. The Kier molecular flexibility index (Phi) is 3.42. The molecule has 0 saturated heterocycles. The van der Waals surface area contributed by atoms with Crippen molar-refractivity contribution in [1.29, 1.82) is 0 Å². The van der Waals surface area contributed by atoms with Gasteiger partial charge in [0.2, 0.25) is 0 Å². The van der Waals surface area contributed by atoms with Crippen LogP contribution in [0.5, 0.6) is 0 Å². The first-order valence-corrected chi connectivity index (χ1v) is 7.22. The van der Waals surface area contributed by atoms with E-state index in [9.17, 15) is 13.2 Å². The molecule has 2 aromatic rings. The molecule has 0 amide bonds. The first kappa shape index (κ1) is 14.9. The van der Waals surface area contributed by atoms with Crippen LogP contribution in [0.15, 0.2) is 30.6 Å². The summed E-state index contributed by atoms with van der Waals surface area (Å²) in [5.74, 6) is 0.242. The van der Waals surface area contributed by atoms with Gasteiger partial charge in [-0.3, -0.25) is 0 Å². The fraction of sp³-hybridized carbons (Fsp3) is 0.438. The van der Waals surface area contributed by atoms with E-state index < -0.39 is 11.9 Å². The third-order valence-electron chi connectivity index (χ3n) is 4.40. The number of benzene rings is 1. The van der Waals surface area contributed by atoms with Crippen molar-refractivity contribution in [2.45, 2.75) is 32.5 Å². The highest BCUT2D eigenvalue weighted by Crippen LogP contribution is 2.40. The number of nitrogens with zero attached hydrogens (tertiary/aromatic N) is 3. The van der Waals surface area contributed by atoms with E-state index in [-0.39, 0.29) is 17.7 Å². The van der Waals surface area contributed by atoms with Crippen LogP contribution < -0.4 is 5.01 Å². The number of hydrogen-bond donors (Lipinski definition) is 0. The number of hydrogen-bond acceptors (Lipinski definition) is 2. The fourth-order valence-corrected chi connectivity index (χ4v) is 3.48. The zero-order valence-electron chi connectivity index (χ0n) is 12.7. The number of alkyl halides is 3. The Hall–Kier alpha value is -1.98. The lowest BCUT2D eigenvalue weighted by molar-refractivity contribution is -0.144. The Morgan fingerprint density at radius 2 is 1.95 bits per heavy atom. The molecule has 22 heavy (non-hydrogen) atoms. The van der Waals surface area contributed by atoms with Crippen molar-refractivity contribution in [3.8, 4) is 0 Å². The molecule has 0 N–H and O–H groups in total. The molecule has 0 spiro atoms. The molecule has 0 fully saturated rings. The highest BCUT2D eigenvalue weighted by Gasteiger charge is 2.40. The van der Waals surface area contributed by atoms with Gasteiger partial charge in [0.15, 0.2) is 5.69 Å². The second-order valence-corrected chi connectivity index (χ2v) is 5.92. The summed E-state index contributed by atoms with van der Waals surface area (Å²) in [5, 5.41) is 1.65. The van der Waals surface area contributed by atoms with Gasteiger partial charge < -0.3 is 5.01 Å². The topological polar surface area (TPSA) is 21.1 Å². The minimum atomic E-state index is -4.42. The van der Waals surface area contributed by atoms with E-state index in [0.717, 1.165) is 16.7 Å². The van der Waals surface area contributed by atoms with Crippen molar-refractivity contribution in [3.63, 3.8) is 0 Å². The molecule has 1 aromatic heterocycles. The Morgan fingerprint density at radius 3 is 2.64 bits per heavy atom. The molecule has 1 aliphatic rings. The summed E-state index contributed by atoms with van der Waals surface area (Å²) in [7, 11) is 1.69. The number of fused-ring (bicyclic) bond motifs is 1. The van der Waals surface area contributed by atoms with E-state index in [4.69, 9.17) is 0 Å². The SMILES string of the molecule is Cc1ncn(N(C)C2c3ccccc3CC2C)c1C(F)(F)F. The number of aryl methyl sites for hydroxylation is 1. The smallest absolute Gasteiger partial charge is 0.307 e. The maximum atomic E-state index is 13.3. The van der Waals surface area contributed by atoms with Gasteiger partial charge in [-0.25, -0.2) is 9.66 Å². The lowest BCUT2D eigenvalue weighted by atomic mass is 10.0. The molecule has 0 saturated carbocycles. The minimum absolute atomic E-state index is 0.00159. The molecule has 0 aliphatic heterocycles. The van der Waals surface area contributed by atoms with Crippen LogP contribution in [0.3, 0.4) is 0 Å². The maximum Gasteiger partial charge on any atom is 0.435 e. The lowest BCUT2D eigenvalue weighted by Gasteiger charge is -2.33. The van der Waals surface area contributed by atoms with Crippen molar-refractivity contribution >= 4 is 0 Å². The van der Waals surface area contributed by atoms with Gasteiger partial charge in [0.25, 0.3) is 0 Å². The predicted molar refractivity (Wildman–Crippen MR) is 78.2 cm³/mol. The van der Waals surface area contributed by atoms with Crippen LogP contribution in [-0.4, -0.2) is 16.7 Å². The van der Waals surface area contributed by atoms with Crippen LogP contribution in [0.2, 0.25) is 0 Å². The van der Waals surface area contributed by atoms with Crippen LogP contribution in [0.4, 0.5) is 13.2 Å². The highest BCUT2D eigenvalue weighted by atomic mass is 19.4. The van der Waals surface area contributed by atoms with Crippen molar-refractivity contribution in [1.82, 2.24) is 9.66 Å². The summed E-state index contributed by atoms with van der Waals surface area (Å²) >= 11 is 0. The number of imidazole rings is 1. The third-order valence-corrected chi connectivity index (χ3v) is 4.40. The van der Waals surface area contributed by atoms with E-state index in [1.807, 2.05) is 24.3 Å². The molecule has 2 atom stereocenters. The van der Waals surface area contributed by atoms with E-state index in [2.05, 4.69) is 11.9 Å². The zero-order valence-corrected chi connectivity index (χ0v) is 12.7. The molecule has 6 heteroatoms. The second kappa shape index (κ2) is 5.04. The quantitative estimate of drug-likeness (QED) is 0.843. The average molecular weight is 309 g/mol. The Morgan fingerprint density at radius 1 is 1.27 bits per heavy atom. The Labute approximate surface area is 127 Å². The molecule has 3 rings (SSSR count). The van der Waals surface area contributed by atoms with Crippen LogP contribution in [-0.2, 0) is 12.6 Å². The average Bonchev–Trinajstić information content (AvgIpc) is 2.97. The Bertz CT molecular complexity index is 690. The summed E-state index contributed by atoms with van der Waals surface area (Å²) in [4.78, 5) is 3.86. The standard InChI is InChI=1S/C16H18F3N3/c1-10-8-12-6-4-5-7-13(12)14(10)21(3)22-9-20-11(2)15(22)16(17,18)19/h4-7,9-10,14H,8H2,1-3H3. The summed E-state index contributed by atoms with van der Waals surface area (Å²) in [6.07, 6.45) is -2.29. The highest BCUT2D eigenvalue weighted by molar-refractivity contribution is 5.38. The van der Waals surface area contributed by atoms with Crippen molar-refractivity contribution in [2.24, 2.45) is 5.92 Å². The van der Waals surface area contributed by atoms with Gasteiger partial charge in [-0.15, -0.1) is 0 Å². The summed E-state index contributed by atoms with van der Waals surface area (Å²) < 4.78 is 41.0. The monoisotopic (exact) mass is 309 g/mol. The fourth-order valence-electron chi connectivity index (χ4n) is 3.48. The minimum Gasteiger partial charge on any atom is -0.307 e. The molecule has 0 bridgehead atoms. The van der Waals surface area contributed by atoms with Gasteiger partial charge >= 0.3 is 6.18 Å². The maximum absolute atomic E-state index is 13.3. The number of halogens is 3. The molecule has 2 unspecified atom stereocenters. The largest absolute Gasteiger partial charge is 0.435 e. The first-order valence-electron chi connectivity index (χ1n) is 7.22. The zero-order chi connectivity index (χ0) is 16.1. The van der Waals surface area contributed by atoms with Crippen LogP contribution in [0.1, 0.15) is 35.5 Å². The van der Waals surface area contributed by atoms with Crippen LogP contribution >= 0.6 is 0 Å². The number of aromatic nitrogens is 2. The van der Waals surface area contributed by atoms with Crippen LogP contribution in [0.25, 0.3) is 0 Å². The molecule has 3 nitrogen and oxygen atoms in total. The molecule has 118 valence electrons. The van der Waals surface area contributed by atoms with Gasteiger partial charge in [-0.2, -0.15) is 13.2 Å².